The van der Waals surface area contributed by atoms with Crippen LogP contribution in [0.5, 0.6) is 0 Å². The molecule has 0 spiro atoms. The summed E-state index contributed by atoms with van der Waals surface area (Å²) in [4.78, 5) is 0.361. The molecule has 1 saturated carbocycles. The van der Waals surface area contributed by atoms with E-state index in [9.17, 15) is 13.5 Å². The largest absolute Gasteiger partial charge is 0.394 e. The topological polar surface area (TPSA) is 66.4 Å². The zero-order valence-corrected chi connectivity index (χ0v) is 14.1. The summed E-state index contributed by atoms with van der Waals surface area (Å²) in [5.41, 5.74) is -0.382. The highest BCUT2D eigenvalue weighted by Gasteiger charge is 2.34. The first-order valence-electron chi connectivity index (χ1n) is 8.12. The number of aliphatic hydroxyl groups is 1. The van der Waals surface area contributed by atoms with Gasteiger partial charge < -0.3 is 10.4 Å². The molecule has 0 aromatic heterocycles. The monoisotopic (exact) mass is 325 g/mol. The molecule has 22 heavy (non-hydrogen) atoms. The van der Waals surface area contributed by atoms with Crippen LogP contribution in [0.15, 0.2) is 35.2 Å². The fourth-order valence-electron chi connectivity index (χ4n) is 3.29. The van der Waals surface area contributed by atoms with Crippen LogP contribution in [0.2, 0.25) is 0 Å². The summed E-state index contributed by atoms with van der Waals surface area (Å²) in [6.07, 6.45) is 5.87. The van der Waals surface area contributed by atoms with Crippen LogP contribution < -0.4 is 5.32 Å². The fraction of sp³-hybridized carbons (Fsp3) is 0.647. The van der Waals surface area contributed by atoms with Crippen LogP contribution in [0.25, 0.3) is 0 Å². The number of benzene rings is 1. The van der Waals surface area contributed by atoms with Gasteiger partial charge in [-0.2, -0.15) is 0 Å². The van der Waals surface area contributed by atoms with Gasteiger partial charge in [0.15, 0.2) is 9.84 Å². The first-order chi connectivity index (χ1) is 10.5. The summed E-state index contributed by atoms with van der Waals surface area (Å²) in [6, 6.07) is 8.53. The van der Waals surface area contributed by atoms with Gasteiger partial charge in [-0.1, -0.05) is 37.5 Å². The first kappa shape index (κ1) is 17.4. The summed E-state index contributed by atoms with van der Waals surface area (Å²) in [5.74, 6) is 0.477. The van der Waals surface area contributed by atoms with E-state index in [4.69, 9.17) is 0 Å². The number of hydrogen-bond acceptors (Lipinski definition) is 4. The van der Waals surface area contributed by atoms with Crippen LogP contribution in [0, 0.1) is 5.92 Å². The normalized spacial score (nSPS) is 19.7. The molecular formula is C17H27NO3S. The maximum Gasteiger partial charge on any atom is 0.179 e. The molecule has 2 N–H and O–H groups in total. The maximum absolute atomic E-state index is 12.3. The molecular weight excluding hydrogens is 298 g/mol. The van der Waals surface area contributed by atoms with Crippen molar-refractivity contribution < 1.29 is 13.5 Å². The minimum absolute atomic E-state index is 0.0447. The molecule has 0 amide bonds. The van der Waals surface area contributed by atoms with Crippen molar-refractivity contribution in [1.29, 1.82) is 0 Å². The van der Waals surface area contributed by atoms with Gasteiger partial charge in [0.25, 0.3) is 0 Å². The van der Waals surface area contributed by atoms with Crippen LogP contribution in [-0.2, 0) is 9.84 Å². The molecule has 0 heterocycles. The Morgan fingerprint density at radius 3 is 2.41 bits per heavy atom. The molecule has 1 aliphatic rings. The van der Waals surface area contributed by atoms with Gasteiger partial charge in [-0.25, -0.2) is 8.42 Å². The molecule has 4 nitrogen and oxygen atoms in total. The predicted molar refractivity (Wildman–Crippen MR) is 88.6 cm³/mol. The zero-order chi connectivity index (χ0) is 16.1. The molecule has 1 aromatic rings. The minimum Gasteiger partial charge on any atom is -0.394 e. The van der Waals surface area contributed by atoms with Gasteiger partial charge in [0.05, 0.1) is 17.3 Å². The van der Waals surface area contributed by atoms with E-state index >= 15 is 0 Å². The van der Waals surface area contributed by atoms with Gasteiger partial charge in [-0.3, -0.25) is 0 Å². The van der Waals surface area contributed by atoms with Crippen LogP contribution in [-0.4, -0.2) is 38.0 Å². The van der Waals surface area contributed by atoms with Crippen molar-refractivity contribution in [3.63, 3.8) is 0 Å². The summed E-state index contributed by atoms with van der Waals surface area (Å²) >= 11 is 0. The zero-order valence-electron chi connectivity index (χ0n) is 13.3. The minimum atomic E-state index is -3.27. The van der Waals surface area contributed by atoms with E-state index < -0.39 is 9.84 Å². The molecule has 124 valence electrons. The smallest absolute Gasteiger partial charge is 0.179 e. The molecule has 1 aromatic carbocycles. The maximum atomic E-state index is 12.3. The van der Waals surface area contributed by atoms with Crippen LogP contribution in [0.4, 0.5) is 0 Å². The van der Waals surface area contributed by atoms with Crippen molar-refractivity contribution in [2.75, 3.05) is 18.9 Å². The van der Waals surface area contributed by atoms with Gasteiger partial charge in [0.2, 0.25) is 0 Å². The molecule has 0 radical (unpaired) electrons. The summed E-state index contributed by atoms with van der Waals surface area (Å²) in [5, 5.41) is 13.1. The molecule has 0 saturated heterocycles. The predicted octanol–water partition coefficient (Wildman–Crippen LogP) is 2.38. The van der Waals surface area contributed by atoms with Crippen molar-refractivity contribution in [1.82, 2.24) is 5.32 Å². The molecule has 0 unspecified atom stereocenters. The number of hydrogen-bond donors (Lipinski definition) is 2. The van der Waals surface area contributed by atoms with Gasteiger partial charge in [0, 0.05) is 12.1 Å². The third kappa shape index (κ3) is 4.31. The second-order valence-corrected chi connectivity index (χ2v) is 8.58. The quantitative estimate of drug-likeness (QED) is 0.808. The summed E-state index contributed by atoms with van der Waals surface area (Å²) in [7, 11) is -3.27. The van der Waals surface area contributed by atoms with Crippen LogP contribution in [0.1, 0.15) is 39.0 Å². The Labute approximate surface area is 133 Å². The van der Waals surface area contributed by atoms with Gasteiger partial charge in [-0.05, 0) is 37.8 Å². The molecule has 1 aliphatic carbocycles. The average Bonchev–Trinajstić information content (AvgIpc) is 2.56. The Balaban J connectivity index is 1.93. The molecule has 2 rings (SSSR count). The van der Waals surface area contributed by atoms with Gasteiger partial charge in [-0.15, -0.1) is 0 Å². The highest BCUT2D eigenvalue weighted by atomic mass is 32.2. The Morgan fingerprint density at radius 2 is 1.82 bits per heavy atom. The average molecular weight is 325 g/mol. The standard InChI is InChI=1S/C17H27NO3S/c1-17(14-19,15-8-4-2-5-9-15)18-12-13-22(20,21)16-10-6-3-7-11-16/h3,6-7,10-11,15,18-19H,2,4-5,8-9,12-14H2,1H3/t17-/m0/s1. The van der Waals surface area contributed by atoms with E-state index in [0.29, 0.717) is 17.4 Å². The number of nitrogens with one attached hydrogen (secondary N) is 1. The third-order valence-electron chi connectivity index (χ3n) is 4.84. The highest BCUT2D eigenvalue weighted by Crippen LogP contribution is 2.32. The Bertz CT molecular complexity index is 553. The van der Waals surface area contributed by atoms with E-state index in [1.807, 2.05) is 13.0 Å². The van der Waals surface area contributed by atoms with Crippen molar-refractivity contribution in [2.45, 2.75) is 49.5 Å². The van der Waals surface area contributed by atoms with E-state index in [-0.39, 0.29) is 17.9 Å². The van der Waals surface area contributed by atoms with Gasteiger partial charge in [0.1, 0.15) is 0 Å². The Kier molecular flexibility index (Phi) is 6.01. The van der Waals surface area contributed by atoms with E-state index in [0.717, 1.165) is 12.8 Å². The Morgan fingerprint density at radius 1 is 1.18 bits per heavy atom. The lowest BCUT2D eigenvalue weighted by atomic mass is 9.76. The molecule has 1 atom stereocenters. The second-order valence-electron chi connectivity index (χ2n) is 6.47. The molecule has 1 fully saturated rings. The molecule has 5 heteroatoms. The van der Waals surface area contributed by atoms with Crippen LogP contribution in [0.3, 0.4) is 0 Å². The lowest BCUT2D eigenvalue weighted by Crippen LogP contribution is -2.53. The highest BCUT2D eigenvalue weighted by molar-refractivity contribution is 7.91. The number of sulfone groups is 1. The Hall–Kier alpha value is -0.910. The number of rotatable bonds is 7. The van der Waals surface area contributed by atoms with E-state index in [1.165, 1.54) is 19.3 Å². The van der Waals surface area contributed by atoms with Crippen molar-refractivity contribution in [2.24, 2.45) is 5.92 Å². The van der Waals surface area contributed by atoms with Gasteiger partial charge >= 0.3 is 0 Å². The van der Waals surface area contributed by atoms with Crippen molar-refractivity contribution in [3.8, 4) is 0 Å². The fourth-order valence-corrected chi connectivity index (χ4v) is 4.46. The number of aliphatic hydroxyl groups excluding tert-OH is 1. The lowest BCUT2D eigenvalue weighted by Gasteiger charge is -2.39. The lowest BCUT2D eigenvalue weighted by molar-refractivity contribution is 0.0971. The second kappa shape index (κ2) is 7.57. The van der Waals surface area contributed by atoms with E-state index in [2.05, 4.69) is 5.32 Å². The third-order valence-corrected chi connectivity index (χ3v) is 6.57. The molecule has 0 aliphatic heterocycles. The first-order valence-corrected chi connectivity index (χ1v) is 9.77. The molecule has 0 bridgehead atoms. The summed E-state index contributed by atoms with van der Waals surface area (Å²) in [6.45, 7) is 2.42. The summed E-state index contributed by atoms with van der Waals surface area (Å²) < 4.78 is 24.6. The van der Waals surface area contributed by atoms with Crippen LogP contribution >= 0.6 is 0 Å². The van der Waals surface area contributed by atoms with E-state index in [1.54, 1.807) is 24.3 Å². The van der Waals surface area contributed by atoms with Crippen molar-refractivity contribution >= 4 is 9.84 Å². The SMILES string of the molecule is C[C@@](CO)(NCCS(=O)(=O)c1ccccc1)C1CCCCC1. The van der Waals surface area contributed by atoms with Crippen molar-refractivity contribution in [3.05, 3.63) is 30.3 Å².